The highest BCUT2D eigenvalue weighted by Gasteiger charge is 1.99. The van der Waals surface area contributed by atoms with Gasteiger partial charge in [0.15, 0.2) is 0 Å². The molecule has 90 valence electrons. The van der Waals surface area contributed by atoms with Crippen LogP contribution < -0.4 is 5.11 Å². The molecule has 0 radical (unpaired) electrons. The molecule has 0 aromatic heterocycles. The van der Waals surface area contributed by atoms with Gasteiger partial charge in [-0.05, 0) is 35.5 Å². The Morgan fingerprint density at radius 3 is 2.33 bits per heavy atom. The van der Waals surface area contributed by atoms with E-state index < -0.39 is 0 Å². The molecule has 3 heteroatoms. The Balaban J connectivity index is 1.97. The van der Waals surface area contributed by atoms with Crippen molar-refractivity contribution in [2.75, 3.05) is 0 Å². The van der Waals surface area contributed by atoms with Crippen molar-refractivity contribution >= 4 is 23.0 Å². The van der Waals surface area contributed by atoms with Crippen LogP contribution in [0.25, 0.3) is 6.08 Å². The van der Waals surface area contributed by atoms with Crippen molar-refractivity contribution in [3.8, 4) is 5.75 Å². The summed E-state index contributed by atoms with van der Waals surface area (Å²) < 4.78 is 0. The smallest absolute Gasteiger partial charge is 0.216 e. The summed E-state index contributed by atoms with van der Waals surface area (Å²) in [6.07, 6.45) is 3.22. The normalized spacial score (nSPS) is 10.7. The summed E-state index contributed by atoms with van der Waals surface area (Å²) in [5.74, 6) is -0.0304. The maximum Gasteiger partial charge on any atom is 0.216 e. The van der Waals surface area contributed by atoms with Gasteiger partial charge in [-0.15, -0.1) is 5.75 Å². The molecule has 0 atom stereocenters. The molecule has 0 saturated carbocycles. The van der Waals surface area contributed by atoms with Gasteiger partial charge in [0, 0.05) is 4.90 Å². The molecule has 0 aliphatic carbocycles. The van der Waals surface area contributed by atoms with E-state index >= 15 is 0 Å². The highest BCUT2D eigenvalue weighted by molar-refractivity contribution is 8.14. The van der Waals surface area contributed by atoms with Crippen LogP contribution in [0.4, 0.5) is 0 Å². The van der Waals surface area contributed by atoms with Crippen LogP contribution in [0.2, 0.25) is 0 Å². The van der Waals surface area contributed by atoms with Crippen molar-refractivity contribution in [2.24, 2.45) is 0 Å². The predicted octanol–water partition coefficient (Wildman–Crippen LogP) is 3.09. The first kappa shape index (κ1) is 12.5. The lowest BCUT2D eigenvalue weighted by Crippen LogP contribution is -1.88. The highest BCUT2D eigenvalue weighted by Crippen LogP contribution is 2.19. The molecule has 0 fully saturated rings. The lowest BCUT2D eigenvalue weighted by atomic mass is 10.2. The topological polar surface area (TPSA) is 40.1 Å². The van der Waals surface area contributed by atoms with E-state index in [1.165, 1.54) is 30.0 Å². The number of hydrogen-bond donors (Lipinski definition) is 0. The molecule has 0 bridgehead atoms. The van der Waals surface area contributed by atoms with Gasteiger partial charge in [-0.25, -0.2) is 0 Å². The standard InChI is InChI=1S/C15H12O2S/c16-13-9-6-12(7-10-13)8-11-15(17)18-14-4-2-1-3-5-14/h1-11,16H/p-1/b11-8+. The van der Waals surface area contributed by atoms with Gasteiger partial charge in [-0.3, -0.25) is 4.79 Å². The second-order valence-electron chi connectivity index (χ2n) is 3.64. The van der Waals surface area contributed by atoms with E-state index in [9.17, 15) is 9.90 Å². The third-order valence-electron chi connectivity index (χ3n) is 2.25. The molecular formula is C15H11O2S-. The first-order valence-electron chi connectivity index (χ1n) is 5.46. The van der Waals surface area contributed by atoms with E-state index in [1.807, 2.05) is 30.3 Å². The largest absolute Gasteiger partial charge is 0.872 e. The van der Waals surface area contributed by atoms with Crippen LogP contribution in [0, 0.1) is 0 Å². The van der Waals surface area contributed by atoms with E-state index in [2.05, 4.69) is 0 Å². The molecule has 2 aromatic carbocycles. The number of hydrogen-bond acceptors (Lipinski definition) is 3. The summed E-state index contributed by atoms with van der Waals surface area (Å²) >= 11 is 1.18. The number of carbonyl (C=O) groups excluding carboxylic acids is 1. The van der Waals surface area contributed by atoms with E-state index in [-0.39, 0.29) is 10.9 Å². The zero-order valence-corrected chi connectivity index (χ0v) is 10.4. The molecule has 0 N–H and O–H groups in total. The molecule has 2 aromatic rings. The Hall–Kier alpha value is -2.00. The first-order valence-corrected chi connectivity index (χ1v) is 6.28. The van der Waals surface area contributed by atoms with E-state index in [4.69, 9.17) is 0 Å². The quantitative estimate of drug-likeness (QED) is 0.625. The van der Waals surface area contributed by atoms with Crippen molar-refractivity contribution in [3.63, 3.8) is 0 Å². The third-order valence-corrected chi connectivity index (χ3v) is 3.10. The fourth-order valence-corrected chi connectivity index (χ4v) is 2.04. The fraction of sp³-hybridized carbons (Fsp3) is 0. The Morgan fingerprint density at radius 2 is 1.67 bits per heavy atom. The summed E-state index contributed by atoms with van der Waals surface area (Å²) in [7, 11) is 0. The van der Waals surface area contributed by atoms with Gasteiger partial charge < -0.3 is 5.11 Å². The maximum atomic E-state index is 11.7. The second-order valence-corrected chi connectivity index (χ2v) is 4.71. The maximum absolute atomic E-state index is 11.7. The Bertz CT molecular complexity index is 544. The fourth-order valence-electron chi connectivity index (χ4n) is 1.38. The molecule has 0 saturated heterocycles. The summed E-state index contributed by atoms with van der Waals surface area (Å²) in [5.41, 5.74) is 0.844. The molecule has 2 rings (SSSR count). The number of thioether (sulfide) groups is 1. The minimum absolute atomic E-state index is 0.0304. The van der Waals surface area contributed by atoms with Crippen molar-refractivity contribution < 1.29 is 9.90 Å². The van der Waals surface area contributed by atoms with Crippen LogP contribution >= 0.6 is 11.8 Å². The summed E-state index contributed by atoms with van der Waals surface area (Å²) in [5, 5.41) is 10.9. The monoisotopic (exact) mass is 255 g/mol. The second kappa shape index (κ2) is 6.07. The lowest BCUT2D eigenvalue weighted by molar-refractivity contribution is -0.268. The number of benzene rings is 2. The van der Waals surface area contributed by atoms with E-state index in [0.717, 1.165) is 10.5 Å². The minimum Gasteiger partial charge on any atom is -0.872 e. The van der Waals surface area contributed by atoms with Crippen LogP contribution in [0.15, 0.2) is 65.6 Å². The van der Waals surface area contributed by atoms with Gasteiger partial charge in [-0.1, -0.05) is 48.5 Å². The van der Waals surface area contributed by atoms with Gasteiger partial charge in [0.25, 0.3) is 0 Å². The molecular weight excluding hydrogens is 244 g/mol. The van der Waals surface area contributed by atoms with Crippen LogP contribution in [-0.4, -0.2) is 5.12 Å². The van der Waals surface area contributed by atoms with E-state index in [1.54, 1.807) is 18.2 Å². The summed E-state index contributed by atoms with van der Waals surface area (Å²) in [6.45, 7) is 0. The van der Waals surface area contributed by atoms with Gasteiger partial charge in [0.2, 0.25) is 5.12 Å². The van der Waals surface area contributed by atoms with Crippen LogP contribution in [0.5, 0.6) is 5.75 Å². The van der Waals surface area contributed by atoms with Crippen molar-refractivity contribution in [2.45, 2.75) is 4.90 Å². The molecule has 0 aliphatic heterocycles. The summed E-state index contributed by atoms with van der Waals surface area (Å²) in [4.78, 5) is 12.6. The number of carbonyl (C=O) groups is 1. The van der Waals surface area contributed by atoms with Crippen LogP contribution in [0.3, 0.4) is 0 Å². The SMILES string of the molecule is O=C(/C=C/c1ccc([O-])cc1)Sc1ccccc1. The minimum atomic E-state index is -0.0348. The lowest BCUT2D eigenvalue weighted by Gasteiger charge is -2.02. The average Bonchev–Trinajstić information content (AvgIpc) is 2.39. The molecule has 0 spiro atoms. The first-order chi connectivity index (χ1) is 8.74. The Labute approximate surface area is 110 Å². The molecule has 0 aliphatic rings. The molecule has 2 nitrogen and oxygen atoms in total. The third kappa shape index (κ3) is 3.79. The molecule has 0 unspecified atom stereocenters. The predicted molar refractivity (Wildman–Crippen MR) is 72.2 cm³/mol. The van der Waals surface area contributed by atoms with E-state index in [0.29, 0.717) is 0 Å². The van der Waals surface area contributed by atoms with Crippen LogP contribution in [-0.2, 0) is 4.79 Å². The zero-order valence-electron chi connectivity index (χ0n) is 9.58. The van der Waals surface area contributed by atoms with Crippen LogP contribution in [0.1, 0.15) is 5.56 Å². The van der Waals surface area contributed by atoms with Gasteiger partial charge in [0.1, 0.15) is 0 Å². The Morgan fingerprint density at radius 1 is 1.00 bits per heavy atom. The van der Waals surface area contributed by atoms with Crippen molar-refractivity contribution in [1.82, 2.24) is 0 Å². The average molecular weight is 255 g/mol. The Kier molecular flexibility index (Phi) is 4.20. The summed E-state index contributed by atoms with van der Waals surface area (Å²) in [6, 6.07) is 15.8. The molecule has 18 heavy (non-hydrogen) atoms. The van der Waals surface area contributed by atoms with Gasteiger partial charge in [-0.2, -0.15) is 0 Å². The highest BCUT2D eigenvalue weighted by atomic mass is 32.2. The number of rotatable bonds is 3. The van der Waals surface area contributed by atoms with Crippen molar-refractivity contribution in [1.29, 1.82) is 0 Å². The van der Waals surface area contributed by atoms with Gasteiger partial charge >= 0.3 is 0 Å². The molecule has 0 amide bonds. The molecule has 0 heterocycles. The van der Waals surface area contributed by atoms with Crippen molar-refractivity contribution in [3.05, 3.63) is 66.2 Å². The van der Waals surface area contributed by atoms with Gasteiger partial charge in [0.05, 0.1) is 0 Å². The zero-order chi connectivity index (χ0) is 12.8.